The van der Waals surface area contributed by atoms with Crippen molar-refractivity contribution in [1.29, 1.82) is 5.26 Å². The molecule has 134 valence electrons. The van der Waals surface area contributed by atoms with Crippen LogP contribution in [0.25, 0.3) is 22.4 Å². The summed E-state index contributed by atoms with van der Waals surface area (Å²) in [5, 5.41) is 9.48. The lowest BCUT2D eigenvalue weighted by Crippen LogP contribution is -2.24. The maximum atomic E-state index is 13.2. The maximum Gasteiger partial charge on any atom is 0.258 e. The van der Waals surface area contributed by atoms with Gasteiger partial charge in [-0.3, -0.25) is 9.78 Å². The van der Waals surface area contributed by atoms with Crippen LogP contribution in [0, 0.1) is 17.2 Å². The lowest BCUT2D eigenvalue weighted by atomic mass is 9.99. The molecule has 1 saturated carbocycles. The molecular formula is C23H21N3O. The number of nitriles is 1. The van der Waals surface area contributed by atoms with E-state index in [1.165, 1.54) is 25.7 Å². The minimum Gasteiger partial charge on any atom is -0.314 e. The Balaban J connectivity index is 1.89. The Labute approximate surface area is 158 Å². The van der Waals surface area contributed by atoms with Gasteiger partial charge in [0.05, 0.1) is 17.3 Å². The van der Waals surface area contributed by atoms with E-state index >= 15 is 0 Å². The van der Waals surface area contributed by atoms with Crippen LogP contribution in [0.2, 0.25) is 0 Å². The van der Waals surface area contributed by atoms with E-state index in [4.69, 9.17) is 0 Å². The number of pyridine rings is 2. The van der Waals surface area contributed by atoms with Crippen molar-refractivity contribution in [3.8, 4) is 28.5 Å². The molecule has 3 aromatic rings. The summed E-state index contributed by atoms with van der Waals surface area (Å²) in [4.78, 5) is 17.7. The van der Waals surface area contributed by atoms with Gasteiger partial charge in [-0.25, -0.2) is 0 Å². The van der Waals surface area contributed by atoms with Gasteiger partial charge in [0, 0.05) is 35.6 Å². The van der Waals surface area contributed by atoms with Crippen LogP contribution in [0.1, 0.15) is 31.2 Å². The van der Waals surface area contributed by atoms with Crippen LogP contribution < -0.4 is 5.56 Å². The quantitative estimate of drug-likeness (QED) is 0.685. The Morgan fingerprint density at radius 3 is 2.59 bits per heavy atom. The van der Waals surface area contributed by atoms with Crippen molar-refractivity contribution in [3.05, 3.63) is 76.8 Å². The van der Waals surface area contributed by atoms with Gasteiger partial charge in [0.25, 0.3) is 5.56 Å². The Morgan fingerprint density at radius 1 is 1.07 bits per heavy atom. The highest BCUT2D eigenvalue weighted by molar-refractivity contribution is 5.74. The van der Waals surface area contributed by atoms with Crippen LogP contribution in [0.5, 0.6) is 0 Å². The van der Waals surface area contributed by atoms with E-state index in [-0.39, 0.29) is 5.56 Å². The van der Waals surface area contributed by atoms with Gasteiger partial charge in [0.2, 0.25) is 0 Å². The number of benzene rings is 1. The van der Waals surface area contributed by atoms with Gasteiger partial charge in [-0.2, -0.15) is 5.26 Å². The molecule has 0 saturated heterocycles. The molecule has 1 aliphatic carbocycles. The summed E-state index contributed by atoms with van der Waals surface area (Å²) in [6.45, 7) is 0.723. The fourth-order valence-corrected chi connectivity index (χ4v) is 3.92. The molecule has 1 fully saturated rings. The second-order valence-electron chi connectivity index (χ2n) is 7.12. The van der Waals surface area contributed by atoms with Crippen molar-refractivity contribution in [2.75, 3.05) is 0 Å². The van der Waals surface area contributed by atoms with Crippen molar-refractivity contribution in [2.45, 2.75) is 32.2 Å². The van der Waals surface area contributed by atoms with Crippen LogP contribution in [0.3, 0.4) is 0 Å². The first kappa shape index (κ1) is 17.2. The maximum absolute atomic E-state index is 13.2. The molecule has 0 spiro atoms. The Hall–Kier alpha value is -3.19. The van der Waals surface area contributed by atoms with E-state index in [0.29, 0.717) is 22.6 Å². The van der Waals surface area contributed by atoms with Gasteiger partial charge in [0.1, 0.15) is 0 Å². The predicted molar refractivity (Wildman–Crippen MR) is 106 cm³/mol. The second-order valence-corrected chi connectivity index (χ2v) is 7.12. The third kappa shape index (κ3) is 3.54. The first-order valence-electron chi connectivity index (χ1n) is 9.41. The number of hydrogen-bond donors (Lipinski definition) is 0. The Bertz CT molecular complexity index is 1040. The highest BCUT2D eigenvalue weighted by Crippen LogP contribution is 2.28. The first-order chi connectivity index (χ1) is 13.3. The Kier molecular flexibility index (Phi) is 4.84. The molecule has 0 aliphatic heterocycles. The van der Waals surface area contributed by atoms with E-state index in [9.17, 15) is 10.1 Å². The zero-order chi connectivity index (χ0) is 18.6. The van der Waals surface area contributed by atoms with Gasteiger partial charge in [0.15, 0.2) is 0 Å². The molecule has 0 bridgehead atoms. The van der Waals surface area contributed by atoms with Crippen molar-refractivity contribution in [3.63, 3.8) is 0 Å². The largest absolute Gasteiger partial charge is 0.314 e. The molecule has 4 heteroatoms. The monoisotopic (exact) mass is 355 g/mol. The van der Waals surface area contributed by atoms with Crippen molar-refractivity contribution in [1.82, 2.24) is 9.55 Å². The normalized spacial score (nSPS) is 14.2. The average Bonchev–Trinajstić information content (AvgIpc) is 3.23. The number of hydrogen-bond acceptors (Lipinski definition) is 3. The lowest BCUT2D eigenvalue weighted by Gasteiger charge is -2.16. The van der Waals surface area contributed by atoms with Gasteiger partial charge in [-0.15, -0.1) is 0 Å². The summed E-state index contributed by atoms with van der Waals surface area (Å²) in [6.07, 6.45) is 8.49. The molecule has 27 heavy (non-hydrogen) atoms. The van der Waals surface area contributed by atoms with Gasteiger partial charge in [-0.05, 0) is 43.0 Å². The smallest absolute Gasteiger partial charge is 0.258 e. The zero-order valence-corrected chi connectivity index (χ0v) is 15.1. The fraction of sp³-hybridized carbons (Fsp3) is 0.261. The van der Waals surface area contributed by atoms with Gasteiger partial charge in [-0.1, -0.05) is 37.1 Å². The van der Waals surface area contributed by atoms with Crippen LogP contribution >= 0.6 is 0 Å². The van der Waals surface area contributed by atoms with Crippen LogP contribution in [0.15, 0.2) is 65.7 Å². The van der Waals surface area contributed by atoms with Gasteiger partial charge < -0.3 is 4.57 Å². The third-order valence-electron chi connectivity index (χ3n) is 5.31. The summed E-state index contributed by atoms with van der Waals surface area (Å²) < 4.78 is 1.82. The van der Waals surface area contributed by atoms with E-state index in [0.717, 1.165) is 17.8 Å². The molecule has 0 N–H and O–H groups in total. The van der Waals surface area contributed by atoms with E-state index in [2.05, 4.69) is 11.1 Å². The minimum atomic E-state index is -0.0377. The molecule has 1 aliphatic rings. The zero-order valence-electron chi connectivity index (χ0n) is 15.1. The standard InChI is InChI=1S/C23H21N3O/c24-14-18-9-3-4-10-20(18)21-13-19(22-11-5-6-12-25-22)16-26(23(21)27)15-17-7-1-2-8-17/h3-6,9-13,16-17H,1-2,7-8,15H2. The SMILES string of the molecule is N#Cc1ccccc1-c1cc(-c2ccccn2)cn(CC2CCCC2)c1=O. The second kappa shape index (κ2) is 7.59. The number of aromatic nitrogens is 2. The van der Waals surface area contributed by atoms with Gasteiger partial charge >= 0.3 is 0 Å². The molecule has 1 aromatic carbocycles. The molecule has 4 rings (SSSR count). The summed E-state index contributed by atoms with van der Waals surface area (Å²) in [5.74, 6) is 0.542. The van der Waals surface area contributed by atoms with Crippen molar-refractivity contribution in [2.24, 2.45) is 5.92 Å². The highest BCUT2D eigenvalue weighted by atomic mass is 16.1. The molecule has 0 amide bonds. The summed E-state index contributed by atoms with van der Waals surface area (Å²) in [7, 11) is 0. The van der Waals surface area contributed by atoms with Crippen LogP contribution in [-0.2, 0) is 6.54 Å². The number of rotatable bonds is 4. The predicted octanol–water partition coefficient (Wildman–Crippen LogP) is 4.64. The number of nitrogens with zero attached hydrogens (tertiary/aromatic N) is 3. The Morgan fingerprint density at radius 2 is 1.85 bits per heavy atom. The highest BCUT2D eigenvalue weighted by Gasteiger charge is 2.19. The van der Waals surface area contributed by atoms with Crippen LogP contribution in [0.4, 0.5) is 0 Å². The van der Waals surface area contributed by atoms with Crippen molar-refractivity contribution < 1.29 is 0 Å². The molecule has 2 heterocycles. The average molecular weight is 355 g/mol. The fourth-order valence-electron chi connectivity index (χ4n) is 3.92. The summed E-state index contributed by atoms with van der Waals surface area (Å²) in [5.41, 5.74) is 3.45. The summed E-state index contributed by atoms with van der Waals surface area (Å²) in [6, 6.07) is 17.1. The molecular weight excluding hydrogens is 334 g/mol. The van der Waals surface area contributed by atoms with E-state index in [1.54, 1.807) is 12.3 Å². The van der Waals surface area contributed by atoms with E-state index in [1.807, 2.05) is 53.2 Å². The van der Waals surface area contributed by atoms with Crippen LogP contribution in [-0.4, -0.2) is 9.55 Å². The minimum absolute atomic E-state index is 0.0377. The van der Waals surface area contributed by atoms with Crippen molar-refractivity contribution >= 4 is 0 Å². The first-order valence-corrected chi connectivity index (χ1v) is 9.41. The molecule has 0 atom stereocenters. The topological polar surface area (TPSA) is 58.7 Å². The molecule has 2 aromatic heterocycles. The summed E-state index contributed by atoms with van der Waals surface area (Å²) >= 11 is 0. The molecule has 0 radical (unpaired) electrons. The third-order valence-corrected chi connectivity index (χ3v) is 5.31. The molecule has 4 nitrogen and oxygen atoms in total. The lowest BCUT2D eigenvalue weighted by molar-refractivity contribution is 0.450. The van der Waals surface area contributed by atoms with E-state index < -0.39 is 0 Å². The molecule has 0 unspecified atom stereocenters.